The molecule has 0 radical (unpaired) electrons. The molecule has 0 rings (SSSR count). The van der Waals surface area contributed by atoms with Crippen molar-refractivity contribution in [2.75, 3.05) is 13.2 Å². The largest absolute Gasteiger partial charge is 0.462 e. The lowest BCUT2D eigenvalue weighted by Gasteiger charge is -2.18. The maximum Gasteiger partial charge on any atom is 0.306 e. The molecular formula is C77H124O6. The number of rotatable bonds is 60. The Balaban J connectivity index is 4.52. The maximum atomic E-state index is 12.9. The van der Waals surface area contributed by atoms with Crippen LogP contribution in [0.5, 0.6) is 0 Å². The molecule has 1 unspecified atom stereocenters. The smallest absolute Gasteiger partial charge is 0.306 e. The van der Waals surface area contributed by atoms with Crippen LogP contribution < -0.4 is 0 Å². The molecule has 0 amide bonds. The lowest BCUT2D eigenvalue weighted by atomic mass is 10.1. The van der Waals surface area contributed by atoms with Gasteiger partial charge < -0.3 is 14.2 Å². The van der Waals surface area contributed by atoms with E-state index >= 15 is 0 Å². The summed E-state index contributed by atoms with van der Waals surface area (Å²) in [5, 5.41) is 0. The average Bonchev–Trinajstić information content (AvgIpc) is 3.50. The van der Waals surface area contributed by atoms with Crippen LogP contribution in [-0.2, 0) is 28.6 Å². The van der Waals surface area contributed by atoms with E-state index in [4.69, 9.17) is 14.2 Å². The van der Waals surface area contributed by atoms with Gasteiger partial charge in [0.05, 0.1) is 0 Å². The van der Waals surface area contributed by atoms with E-state index in [0.29, 0.717) is 25.7 Å². The first-order chi connectivity index (χ1) is 41.0. The minimum absolute atomic E-state index is 0.105. The summed E-state index contributed by atoms with van der Waals surface area (Å²) in [6.07, 6.45) is 101. The van der Waals surface area contributed by atoms with Gasteiger partial charge in [-0.1, -0.05) is 275 Å². The van der Waals surface area contributed by atoms with Crippen molar-refractivity contribution in [3.63, 3.8) is 0 Å². The van der Waals surface area contributed by atoms with E-state index in [9.17, 15) is 14.4 Å². The minimum Gasteiger partial charge on any atom is -0.462 e. The van der Waals surface area contributed by atoms with Gasteiger partial charge in [0, 0.05) is 19.3 Å². The van der Waals surface area contributed by atoms with Crippen LogP contribution in [0.4, 0.5) is 0 Å². The standard InChI is InChI=1S/C77H124O6/c1-4-7-10-13-16-19-22-25-28-31-34-35-36-37-38-39-40-41-44-46-49-52-55-58-61-64-67-70-76(79)82-73-74(83-77(80)71-68-65-62-59-56-53-50-47-43-33-30-27-24-21-18-15-12-9-6-3)72-81-75(78)69-66-63-60-57-54-51-48-45-42-32-29-26-23-20-17-14-11-8-5-2/h7,10,16-21,25-30,34-35,37-38,40-41,43,46-47,49,55,58,74H,4-6,8-9,11-15,22-24,31-33,36,39,42,44-45,48,50-54,56-57,59-73H2,1-3H3/b10-7-,19-16-,20-17-,21-18-,28-25-,29-26-,30-27-,35-34-,38-37-,41-40-,47-43-,49-46-,58-55-. The lowest BCUT2D eigenvalue weighted by Crippen LogP contribution is -2.30. The third kappa shape index (κ3) is 67.7. The number of unbranched alkanes of at least 4 members (excludes halogenated alkanes) is 23. The maximum absolute atomic E-state index is 12.9. The first kappa shape index (κ1) is 78.0. The van der Waals surface area contributed by atoms with Gasteiger partial charge >= 0.3 is 17.9 Å². The number of allylic oxidation sites excluding steroid dienone is 26. The fourth-order valence-electron chi connectivity index (χ4n) is 8.91. The van der Waals surface area contributed by atoms with Gasteiger partial charge in [-0.05, 0) is 154 Å². The van der Waals surface area contributed by atoms with Gasteiger partial charge in [0.15, 0.2) is 6.10 Å². The van der Waals surface area contributed by atoms with Crippen molar-refractivity contribution in [3.8, 4) is 0 Å². The van der Waals surface area contributed by atoms with E-state index in [-0.39, 0.29) is 31.1 Å². The first-order valence-electron chi connectivity index (χ1n) is 34.0. The second kappa shape index (κ2) is 69.5. The zero-order valence-electron chi connectivity index (χ0n) is 53.7. The zero-order chi connectivity index (χ0) is 59.9. The normalized spacial score (nSPS) is 13.1. The molecule has 0 aliphatic carbocycles. The molecule has 0 saturated carbocycles. The van der Waals surface area contributed by atoms with Crippen molar-refractivity contribution >= 4 is 17.9 Å². The molecule has 0 aliphatic heterocycles. The average molecular weight is 1150 g/mol. The number of ether oxygens (including phenoxy) is 3. The van der Waals surface area contributed by atoms with Gasteiger partial charge in [-0.3, -0.25) is 14.4 Å². The van der Waals surface area contributed by atoms with Crippen molar-refractivity contribution in [2.45, 2.75) is 297 Å². The Morgan fingerprint density at radius 3 is 0.759 bits per heavy atom. The molecule has 83 heavy (non-hydrogen) atoms. The Morgan fingerprint density at radius 2 is 0.470 bits per heavy atom. The van der Waals surface area contributed by atoms with Crippen molar-refractivity contribution in [3.05, 3.63) is 158 Å². The molecule has 0 aromatic carbocycles. The van der Waals surface area contributed by atoms with Crippen molar-refractivity contribution < 1.29 is 28.6 Å². The summed E-state index contributed by atoms with van der Waals surface area (Å²) in [6.45, 7) is 6.43. The van der Waals surface area contributed by atoms with Crippen molar-refractivity contribution in [1.29, 1.82) is 0 Å². The fraction of sp³-hybridized carbons (Fsp3) is 0.623. The Kier molecular flexibility index (Phi) is 65.4. The molecule has 6 heteroatoms. The van der Waals surface area contributed by atoms with Gasteiger partial charge in [-0.25, -0.2) is 0 Å². The molecule has 6 nitrogen and oxygen atoms in total. The SMILES string of the molecule is CC/C=C\C/C=C\C/C=C\C/C=C\C/C=C\C/C=C\C/C=C\C/C=C\CCCCC(=O)OCC(COC(=O)CCCCCCCCCCC/C=C\C/C=C\CCCCC)OC(=O)CCCCCCCC/C=C\C/C=C\C/C=C\CCCCC. The highest BCUT2D eigenvalue weighted by atomic mass is 16.6. The Morgan fingerprint density at radius 1 is 0.253 bits per heavy atom. The van der Waals surface area contributed by atoms with E-state index in [1.807, 2.05) is 0 Å². The van der Waals surface area contributed by atoms with Gasteiger partial charge in [0.25, 0.3) is 0 Å². The molecule has 0 aliphatic rings. The Hall–Kier alpha value is -4.97. The molecule has 0 spiro atoms. The molecule has 1 atom stereocenters. The Labute approximate surface area is 511 Å². The summed E-state index contributed by atoms with van der Waals surface area (Å²) in [5.74, 6) is -0.967. The predicted molar refractivity (Wildman–Crippen MR) is 362 cm³/mol. The highest BCUT2D eigenvalue weighted by Crippen LogP contribution is 2.15. The molecular weight excluding hydrogens is 1020 g/mol. The summed E-state index contributed by atoms with van der Waals surface area (Å²) in [6, 6.07) is 0. The quantitative estimate of drug-likeness (QED) is 0.0261. The van der Waals surface area contributed by atoms with Crippen LogP contribution in [0, 0.1) is 0 Å². The summed E-state index contributed by atoms with van der Waals surface area (Å²) in [5.41, 5.74) is 0. The Bertz CT molecular complexity index is 1840. The fourth-order valence-corrected chi connectivity index (χ4v) is 8.91. The molecule has 0 N–H and O–H groups in total. The number of carbonyl (C=O) groups is 3. The van der Waals surface area contributed by atoms with E-state index in [1.54, 1.807) is 0 Å². The van der Waals surface area contributed by atoms with Crippen LogP contribution in [0.2, 0.25) is 0 Å². The van der Waals surface area contributed by atoms with Crippen LogP contribution in [-0.4, -0.2) is 37.2 Å². The van der Waals surface area contributed by atoms with E-state index in [2.05, 4.69) is 179 Å². The topological polar surface area (TPSA) is 78.9 Å². The van der Waals surface area contributed by atoms with Crippen LogP contribution in [0.1, 0.15) is 290 Å². The van der Waals surface area contributed by atoms with Gasteiger partial charge in [-0.15, -0.1) is 0 Å². The minimum atomic E-state index is -0.815. The summed E-state index contributed by atoms with van der Waals surface area (Å²) >= 11 is 0. The molecule has 0 aromatic heterocycles. The van der Waals surface area contributed by atoms with E-state index in [0.717, 1.165) is 135 Å². The molecule has 0 aromatic rings. The molecule has 0 saturated heterocycles. The first-order valence-corrected chi connectivity index (χ1v) is 34.0. The molecule has 0 bridgehead atoms. The highest BCUT2D eigenvalue weighted by molar-refractivity contribution is 5.71. The second-order valence-electron chi connectivity index (χ2n) is 22.0. The molecule has 468 valence electrons. The van der Waals surface area contributed by atoms with Crippen LogP contribution in [0.25, 0.3) is 0 Å². The van der Waals surface area contributed by atoms with Gasteiger partial charge in [0.2, 0.25) is 0 Å². The van der Waals surface area contributed by atoms with E-state index in [1.165, 1.54) is 109 Å². The molecule has 0 fully saturated rings. The van der Waals surface area contributed by atoms with Gasteiger partial charge in [-0.2, -0.15) is 0 Å². The van der Waals surface area contributed by atoms with Crippen LogP contribution in [0.15, 0.2) is 158 Å². The number of carbonyl (C=O) groups excluding carboxylic acids is 3. The van der Waals surface area contributed by atoms with E-state index < -0.39 is 6.10 Å². The number of hydrogen-bond donors (Lipinski definition) is 0. The van der Waals surface area contributed by atoms with Crippen LogP contribution >= 0.6 is 0 Å². The zero-order valence-corrected chi connectivity index (χ0v) is 53.7. The monoisotopic (exact) mass is 1140 g/mol. The molecule has 0 heterocycles. The van der Waals surface area contributed by atoms with Crippen molar-refractivity contribution in [1.82, 2.24) is 0 Å². The number of esters is 3. The summed E-state index contributed by atoms with van der Waals surface area (Å²) < 4.78 is 16.9. The summed E-state index contributed by atoms with van der Waals surface area (Å²) in [4.78, 5) is 38.4. The summed E-state index contributed by atoms with van der Waals surface area (Å²) in [7, 11) is 0. The lowest BCUT2D eigenvalue weighted by molar-refractivity contribution is -0.167. The third-order valence-electron chi connectivity index (χ3n) is 14.0. The number of hydrogen-bond acceptors (Lipinski definition) is 6. The highest BCUT2D eigenvalue weighted by Gasteiger charge is 2.19. The van der Waals surface area contributed by atoms with Gasteiger partial charge in [0.1, 0.15) is 13.2 Å². The third-order valence-corrected chi connectivity index (χ3v) is 14.0. The van der Waals surface area contributed by atoms with Crippen LogP contribution in [0.3, 0.4) is 0 Å². The van der Waals surface area contributed by atoms with Crippen molar-refractivity contribution in [2.24, 2.45) is 0 Å². The predicted octanol–water partition coefficient (Wildman–Crippen LogP) is 23.7. The second-order valence-corrected chi connectivity index (χ2v) is 22.0.